The van der Waals surface area contributed by atoms with E-state index in [1.807, 2.05) is 41.3 Å². The molecule has 16 heavy (non-hydrogen) atoms. The molecule has 0 bridgehead atoms. The number of nitrogen functional groups attached to an aromatic ring is 1. The molecule has 2 rings (SSSR count). The first kappa shape index (κ1) is 10.7. The first-order chi connectivity index (χ1) is 7.81. The quantitative estimate of drug-likeness (QED) is 0.794. The summed E-state index contributed by atoms with van der Waals surface area (Å²) in [5, 5.41) is 4.25. The third-order valence-corrected chi connectivity index (χ3v) is 2.43. The van der Waals surface area contributed by atoms with E-state index in [1.165, 1.54) is 0 Å². The Balaban J connectivity index is 2.22. The number of methoxy groups -OCH3 is 1. The number of nitrogens with two attached hydrogens (primary N) is 1. The monoisotopic (exact) mass is 217 g/mol. The topological polar surface area (TPSA) is 53.1 Å². The Morgan fingerprint density at radius 3 is 2.94 bits per heavy atom. The van der Waals surface area contributed by atoms with E-state index < -0.39 is 0 Å². The van der Waals surface area contributed by atoms with Crippen molar-refractivity contribution in [1.82, 2.24) is 9.78 Å². The van der Waals surface area contributed by atoms with Crippen LogP contribution in [0.25, 0.3) is 11.1 Å². The molecule has 0 aliphatic heterocycles. The van der Waals surface area contributed by atoms with E-state index in [9.17, 15) is 0 Å². The second kappa shape index (κ2) is 4.81. The maximum Gasteiger partial charge on any atom is 0.0658 e. The molecule has 0 unspecified atom stereocenters. The number of aromatic nitrogens is 2. The lowest BCUT2D eigenvalue weighted by Gasteiger charge is -2.01. The van der Waals surface area contributed by atoms with Crippen molar-refractivity contribution >= 4 is 5.69 Å². The zero-order chi connectivity index (χ0) is 11.4. The number of benzene rings is 1. The lowest BCUT2D eigenvalue weighted by molar-refractivity contribution is 0.183. The molecule has 0 aliphatic rings. The van der Waals surface area contributed by atoms with Crippen molar-refractivity contribution in [2.24, 2.45) is 0 Å². The number of para-hydroxylation sites is 1. The van der Waals surface area contributed by atoms with Crippen molar-refractivity contribution in [2.45, 2.75) is 6.54 Å². The Bertz CT molecular complexity index is 465. The van der Waals surface area contributed by atoms with Crippen LogP contribution in [0.4, 0.5) is 5.69 Å². The van der Waals surface area contributed by atoms with Gasteiger partial charge < -0.3 is 10.5 Å². The number of nitrogens with zero attached hydrogens (tertiary/aromatic N) is 2. The van der Waals surface area contributed by atoms with E-state index in [4.69, 9.17) is 10.5 Å². The van der Waals surface area contributed by atoms with Gasteiger partial charge in [-0.05, 0) is 6.07 Å². The minimum absolute atomic E-state index is 0.658. The van der Waals surface area contributed by atoms with E-state index >= 15 is 0 Å². The fourth-order valence-corrected chi connectivity index (χ4v) is 1.57. The van der Waals surface area contributed by atoms with Gasteiger partial charge in [0.2, 0.25) is 0 Å². The molecule has 1 aromatic heterocycles. The Kier molecular flexibility index (Phi) is 3.22. The van der Waals surface area contributed by atoms with Crippen molar-refractivity contribution in [3.8, 4) is 11.1 Å². The highest BCUT2D eigenvalue weighted by Crippen LogP contribution is 2.24. The first-order valence-corrected chi connectivity index (χ1v) is 5.17. The van der Waals surface area contributed by atoms with E-state index in [2.05, 4.69) is 5.10 Å². The molecular formula is C12H15N3O. The van der Waals surface area contributed by atoms with E-state index in [1.54, 1.807) is 7.11 Å². The molecular weight excluding hydrogens is 202 g/mol. The van der Waals surface area contributed by atoms with Crippen LogP contribution >= 0.6 is 0 Å². The molecule has 0 saturated heterocycles. The largest absolute Gasteiger partial charge is 0.398 e. The Morgan fingerprint density at radius 2 is 2.19 bits per heavy atom. The molecule has 0 aliphatic carbocycles. The van der Waals surface area contributed by atoms with Gasteiger partial charge >= 0.3 is 0 Å². The maximum atomic E-state index is 5.90. The Labute approximate surface area is 94.6 Å². The van der Waals surface area contributed by atoms with Gasteiger partial charge in [-0.3, -0.25) is 4.68 Å². The lowest BCUT2D eigenvalue weighted by atomic mass is 10.1. The fourth-order valence-electron chi connectivity index (χ4n) is 1.57. The van der Waals surface area contributed by atoms with Gasteiger partial charge in [0.25, 0.3) is 0 Å². The number of ether oxygens (including phenoxy) is 1. The number of rotatable bonds is 4. The van der Waals surface area contributed by atoms with E-state index in [0.29, 0.717) is 6.61 Å². The molecule has 84 valence electrons. The van der Waals surface area contributed by atoms with Crippen LogP contribution in [0.3, 0.4) is 0 Å². The Hall–Kier alpha value is -1.81. The summed E-state index contributed by atoms with van der Waals surface area (Å²) in [7, 11) is 1.68. The fraction of sp³-hybridized carbons (Fsp3) is 0.250. The number of hydrogen-bond acceptors (Lipinski definition) is 3. The van der Waals surface area contributed by atoms with Crippen LogP contribution in [-0.2, 0) is 11.3 Å². The van der Waals surface area contributed by atoms with Gasteiger partial charge in [-0.25, -0.2) is 0 Å². The number of hydrogen-bond donors (Lipinski definition) is 1. The van der Waals surface area contributed by atoms with Gasteiger partial charge in [0.1, 0.15) is 0 Å². The van der Waals surface area contributed by atoms with Crippen molar-refractivity contribution in [1.29, 1.82) is 0 Å². The summed E-state index contributed by atoms with van der Waals surface area (Å²) in [5.41, 5.74) is 8.73. The van der Waals surface area contributed by atoms with Gasteiger partial charge in [-0.15, -0.1) is 0 Å². The van der Waals surface area contributed by atoms with Crippen molar-refractivity contribution in [3.05, 3.63) is 36.7 Å². The number of anilines is 1. The molecule has 4 nitrogen and oxygen atoms in total. The molecule has 4 heteroatoms. The first-order valence-electron chi connectivity index (χ1n) is 5.17. The second-order valence-corrected chi connectivity index (χ2v) is 3.57. The minimum atomic E-state index is 0.658. The average Bonchev–Trinajstić information content (AvgIpc) is 2.75. The Morgan fingerprint density at radius 1 is 1.38 bits per heavy atom. The summed E-state index contributed by atoms with van der Waals surface area (Å²) in [6.45, 7) is 1.41. The second-order valence-electron chi connectivity index (χ2n) is 3.57. The van der Waals surface area contributed by atoms with Crippen molar-refractivity contribution in [2.75, 3.05) is 19.5 Å². The molecule has 0 atom stereocenters. The smallest absolute Gasteiger partial charge is 0.0658 e. The summed E-state index contributed by atoms with van der Waals surface area (Å²) in [6, 6.07) is 7.78. The summed E-state index contributed by atoms with van der Waals surface area (Å²) in [5.74, 6) is 0. The third-order valence-electron chi connectivity index (χ3n) is 2.43. The van der Waals surface area contributed by atoms with E-state index in [0.717, 1.165) is 23.4 Å². The van der Waals surface area contributed by atoms with Crippen LogP contribution in [0.5, 0.6) is 0 Å². The normalized spacial score (nSPS) is 10.6. The lowest BCUT2D eigenvalue weighted by Crippen LogP contribution is -2.03. The van der Waals surface area contributed by atoms with Crippen LogP contribution < -0.4 is 5.73 Å². The standard InChI is InChI=1S/C12H15N3O/c1-16-7-6-15-9-10(8-14-15)11-4-2-3-5-12(11)13/h2-5,8-9H,6-7,13H2,1H3. The third kappa shape index (κ3) is 2.23. The molecule has 0 spiro atoms. The van der Waals surface area contributed by atoms with Crippen LogP contribution in [0, 0.1) is 0 Å². The average molecular weight is 217 g/mol. The molecule has 0 radical (unpaired) electrons. The minimum Gasteiger partial charge on any atom is -0.398 e. The summed E-state index contributed by atoms with van der Waals surface area (Å²) in [4.78, 5) is 0. The molecule has 0 saturated carbocycles. The molecule has 1 aromatic carbocycles. The molecule has 1 heterocycles. The van der Waals surface area contributed by atoms with Crippen molar-refractivity contribution in [3.63, 3.8) is 0 Å². The highest BCUT2D eigenvalue weighted by atomic mass is 16.5. The summed E-state index contributed by atoms with van der Waals surface area (Å²) >= 11 is 0. The molecule has 0 amide bonds. The summed E-state index contributed by atoms with van der Waals surface area (Å²) < 4.78 is 6.85. The molecule has 2 aromatic rings. The summed E-state index contributed by atoms with van der Waals surface area (Å²) in [6.07, 6.45) is 3.80. The van der Waals surface area contributed by atoms with Gasteiger partial charge in [-0.1, -0.05) is 18.2 Å². The van der Waals surface area contributed by atoms with Gasteiger partial charge in [0, 0.05) is 30.1 Å². The zero-order valence-electron chi connectivity index (χ0n) is 9.26. The van der Waals surface area contributed by atoms with Crippen LogP contribution in [0.15, 0.2) is 36.7 Å². The van der Waals surface area contributed by atoms with E-state index in [-0.39, 0.29) is 0 Å². The zero-order valence-corrected chi connectivity index (χ0v) is 9.26. The van der Waals surface area contributed by atoms with Gasteiger partial charge in [-0.2, -0.15) is 5.10 Å². The SMILES string of the molecule is COCCn1cc(-c2ccccc2N)cn1. The highest BCUT2D eigenvalue weighted by molar-refractivity contribution is 5.75. The van der Waals surface area contributed by atoms with Crippen LogP contribution in [0.2, 0.25) is 0 Å². The predicted molar refractivity (Wildman–Crippen MR) is 64.0 cm³/mol. The van der Waals surface area contributed by atoms with Crippen LogP contribution in [-0.4, -0.2) is 23.5 Å². The predicted octanol–water partition coefficient (Wildman–Crippen LogP) is 1.78. The molecule has 2 N–H and O–H groups in total. The van der Waals surface area contributed by atoms with Gasteiger partial charge in [0.15, 0.2) is 0 Å². The van der Waals surface area contributed by atoms with Gasteiger partial charge in [0.05, 0.1) is 19.3 Å². The highest BCUT2D eigenvalue weighted by Gasteiger charge is 2.04. The molecule has 0 fully saturated rings. The van der Waals surface area contributed by atoms with Crippen molar-refractivity contribution < 1.29 is 4.74 Å². The maximum absolute atomic E-state index is 5.90. The van der Waals surface area contributed by atoms with Crippen LogP contribution in [0.1, 0.15) is 0 Å².